The van der Waals surface area contributed by atoms with Crippen molar-refractivity contribution in [3.63, 3.8) is 0 Å². The van der Waals surface area contributed by atoms with E-state index in [4.69, 9.17) is 21.7 Å². The third-order valence-electron chi connectivity index (χ3n) is 5.55. The Hall–Kier alpha value is -3.08. The number of anilines is 1. The number of ether oxygens (including phenoxy) is 2. The van der Waals surface area contributed by atoms with Gasteiger partial charge in [-0.05, 0) is 89.0 Å². The minimum atomic E-state index is -0.562. The van der Waals surface area contributed by atoms with Gasteiger partial charge in [0.2, 0.25) is 0 Å². The Balaban J connectivity index is 1.52. The number of morpholine rings is 1. The molecule has 182 valence electrons. The zero-order chi connectivity index (χ0) is 25.1. The van der Waals surface area contributed by atoms with Crippen molar-refractivity contribution in [2.24, 2.45) is 0 Å². The molecule has 0 radical (unpaired) electrons. The van der Waals surface area contributed by atoms with E-state index in [1.54, 1.807) is 23.1 Å². The Morgan fingerprint density at radius 1 is 1.14 bits per heavy atom. The molecule has 0 saturated carbocycles. The molecule has 2 aliphatic rings. The molecule has 0 aromatic heterocycles. The van der Waals surface area contributed by atoms with Gasteiger partial charge in [-0.1, -0.05) is 12.1 Å². The number of thiocarbonyl (C=S) groups is 1. The van der Waals surface area contributed by atoms with Gasteiger partial charge in [0.25, 0.3) is 17.7 Å². The van der Waals surface area contributed by atoms with E-state index in [0.717, 1.165) is 11.1 Å². The van der Waals surface area contributed by atoms with E-state index in [-0.39, 0.29) is 23.2 Å². The largest absolute Gasteiger partial charge is 0.483 e. The SMILES string of the molecule is Cc1cc(C)cc(N2C(=O)/C(=C/c3ccc(OCC(=O)N4CCOCC4)c(Br)c3)C(=O)NC2=S)c1. The van der Waals surface area contributed by atoms with Crippen molar-refractivity contribution in [2.75, 3.05) is 37.8 Å². The molecule has 1 N–H and O–H groups in total. The summed E-state index contributed by atoms with van der Waals surface area (Å²) in [5, 5.41) is 2.64. The van der Waals surface area contributed by atoms with E-state index in [1.165, 1.54) is 11.0 Å². The van der Waals surface area contributed by atoms with E-state index in [1.807, 2.05) is 32.0 Å². The van der Waals surface area contributed by atoms with Crippen molar-refractivity contribution in [1.82, 2.24) is 10.2 Å². The third-order valence-corrected chi connectivity index (χ3v) is 6.45. The van der Waals surface area contributed by atoms with Crippen molar-refractivity contribution in [3.8, 4) is 5.75 Å². The lowest BCUT2D eigenvalue weighted by atomic mass is 10.1. The van der Waals surface area contributed by atoms with Gasteiger partial charge >= 0.3 is 0 Å². The molecule has 2 heterocycles. The lowest BCUT2D eigenvalue weighted by Gasteiger charge is -2.29. The zero-order valence-electron chi connectivity index (χ0n) is 19.3. The second kappa shape index (κ2) is 10.7. The maximum atomic E-state index is 13.3. The van der Waals surface area contributed by atoms with Crippen LogP contribution in [0.2, 0.25) is 0 Å². The minimum Gasteiger partial charge on any atom is -0.483 e. The maximum absolute atomic E-state index is 13.3. The number of nitrogens with zero attached hydrogens (tertiary/aromatic N) is 2. The van der Waals surface area contributed by atoms with Gasteiger partial charge in [0.15, 0.2) is 11.7 Å². The highest BCUT2D eigenvalue weighted by Crippen LogP contribution is 2.29. The van der Waals surface area contributed by atoms with Crippen molar-refractivity contribution >= 4 is 62.7 Å². The summed E-state index contributed by atoms with van der Waals surface area (Å²) in [6, 6.07) is 10.8. The number of aryl methyl sites for hydroxylation is 2. The molecule has 2 aliphatic heterocycles. The molecule has 4 rings (SSSR count). The monoisotopic (exact) mass is 557 g/mol. The van der Waals surface area contributed by atoms with Gasteiger partial charge in [0.1, 0.15) is 11.3 Å². The standard InChI is InChI=1S/C25H24BrN3O5S/c1-15-9-16(2)11-18(10-15)29-24(32)19(23(31)27-25(29)35)12-17-3-4-21(20(26)13-17)34-14-22(30)28-5-7-33-8-6-28/h3-4,9-13H,5-8,14H2,1-2H3,(H,27,31,35)/b19-12+. The van der Waals surface area contributed by atoms with Crippen molar-refractivity contribution < 1.29 is 23.9 Å². The van der Waals surface area contributed by atoms with Crippen LogP contribution in [0.5, 0.6) is 5.75 Å². The summed E-state index contributed by atoms with van der Waals surface area (Å²) in [5.74, 6) is -0.700. The van der Waals surface area contributed by atoms with Crippen LogP contribution in [0.15, 0.2) is 46.4 Å². The Bertz CT molecular complexity index is 1220. The van der Waals surface area contributed by atoms with Gasteiger partial charge in [-0.15, -0.1) is 0 Å². The molecule has 8 nitrogen and oxygen atoms in total. The van der Waals surface area contributed by atoms with E-state index in [2.05, 4.69) is 21.2 Å². The van der Waals surface area contributed by atoms with Crippen LogP contribution in [-0.4, -0.2) is 60.6 Å². The van der Waals surface area contributed by atoms with Crippen LogP contribution in [0, 0.1) is 13.8 Å². The summed E-state index contributed by atoms with van der Waals surface area (Å²) in [4.78, 5) is 41.2. The van der Waals surface area contributed by atoms with Gasteiger partial charge < -0.3 is 14.4 Å². The first kappa shape index (κ1) is 25.0. The number of carbonyl (C=O) groups is 3. The molecule has 0 unspecified atom stereocenters. The van der Waals surface area contributed by atoms with E-state index in [0.29, 0.717) is 47.8 Å². The first-order valence-electron chi connectivity index (χ1n) is 11.0. The van der Waals surface area contributed by atoms with E-state index in [9.17, 15) is 14.4 Å². The number of hydrogen-bond acceptors (Lipinski definition) is 6. The van der Waals surface area contributed by atoms with Gasteiger partial charge in [0.05, 0.1) is 23.4 Å². The van der Waals surface area contributed by atoms with Crippen LogP contribution in [0.4, 0.5) is 5.69 Å². The Morgan fingerprint density at radius 3 is 2.49 bits per heavy atom. The Morgan fingerprint density at radius 2 is 1.83 bits per heavy atom. The molecule has 2 aromatic carbocycles. The van der Waals surface area contributed by atoms with E-state index < -0.39 is 11.8 Å². The number of nitrogens with one attached hydrogen (secondary N) is 1. The zero-order valence-corrected chi connectivity index (χ0v) is 21.7. The van der Waals surface area contributed by atoms with E-state index >= 15 is 0 Å². The van der Waals surface area contributed by atoms with Crippen molar-refractivity contribution in [1.29, 1.82) is 0 Å². The highest BCUT2D eigenvalue weighted by Gasteiger charge is 2.34. The number of amides is 3. The van der Waals surface area contributed by atoms with Gasteiger partial charge in [-0.2, -0.15) is 0 Å². The minimum absolute atomic E-state index is 0.0389. The summed E-state index contributed by atoms with van der Waals surface area (Å²) < 4.78 is 11.5. The molecule has 10 heteroatoms. The highest BCUT2D eigenvalue weighted by atomic mass is 79.9. The average Bonchev–Trinajstić information content (AvgIpc) is 2.81. The molecule has 0 spiro atoms. The lowest BCUT2D eigenvalue weighted by Crippen LogP contribution is -2.54. The summed E-state index contributed by atoms with van der Waals surface area (Å²) in [6.07, 6.45) is 1.50. The summed E-state index contributed by atoms with van der Waals surface area (Å²) in [7, 11) is 0. The topological polar surface area (TPSA) is 88.2 Å². The first-order valence-corrected chi connectivity index (χ1v) is 12.2. The predicted octanol–water partition coefficient (Wildman–Crippen LogP) is 3.13. The van der Waals surface area contributed by atoms with Crippen molar-refractivity contribution in [2.45, 2.75) is 13.8 Å². The third kappa shape index (κ3) is 5.77. The number of benzene rings is 2. The molecule has 0 bridgehead atoms. The van der Waals surface area contributed by atoms with Gasteiger partial charge in [0, 0.05) is 13.1 Å². The normalized spacial score (nSPS) is 17.6. The Kier molecular flexibility index (Phi) is 7.63. The number of hydrogen-bond donors (Lipinski definition) is 1. The second-order valence-corrected chi connectivity index (χ2v) is 9.52. The fourth-order valence-electron chi connectivity index (χ4n) is 3.91. The molecule has 35 heavy (non-hydrogen) atoms. The fourth-order valence-corrected chi connectivity index (χ4v) is 4.70. The molecule has 2 saturated heterocycles. The van der Waals surface area contributed by atoms with Crippen LogP contribution >= 0.6 is 28.1 Å². The highest BCUT2D eigenvalue weighted by molar-refractivity contribution is 9.10. The predicted molar refractivity (Wildman–Crippen MR) is 139 cm³/mol. The lowest BCUT2D eigenvalue weighted by molar-refractivity contribution is -0.137. The van der Waals surface area contributed by atoms with Crippen LogP contribution in [0.3, 0.4) is 0 Å². The maximum Gasteiger partial charge on any atom is 0.270 e. The summed E-state index contributed by atoms with van der Waals surface area (Å²) in [6.45, 7) is 5.91. The molecule has 0 atom stereocenters. The molecule has 3 amide bonds. The summed E-state index contributed by atoms with van der Waals surface area (Å²) >= 11 is 8.73. The second-order valence-electron chi connectivity index (χ2n) is 8.28. The number of carbonyl (C=O) groups excluding carboxylic acids is 3. The van der Waals surface area contributed by atoms with Crippen molar-refractivity contribution in [3.05, 3.63) is 63.1 Å². The summed E-state index contributed by atoms with van der Waals surface area (Å²) in [5.41, 5.74) is 3.11. The van der Waals surface area contributed by atoms with Crippen LogP contribution in [0.25, 0.3) is 6.08 Å². The average molecular weight is 558 g/mol. The molecule has 2 aromatic rings. The molecule has 0 aliphatic carbocycles. The van der Waals surface area contributed by atoms with Crippen LogP contribution < -0.4 is 15.0 Å². The molecular formula is C25H24BrN3O5S. The fraction of sp³-hybridized carbons (Fsp3) is 0.280. The Labute approximate surface area is 217 Å². The van der Waals surface area contributed by atoms with Gasteiger partial charge in [-0.25, -0.2) is 0 Å². The quantitative estimate of drug-likeness (QED) is 0.345. The number of halogens is 1. The molecule has 2 fully saturated rings. The van der Waals surface area contributed by atoms with Crippen LogP contribution in [-0.2, 0) is 19.1 Å². The number of rotatable bonds is 5. The molecular weight excluding hydrogens is 534 g/mol. The smallest absolute Gasteiger partial charge is 0.270 e. The first-order chi connectivity index (χ1) is 16.7. The van der Waals surface area contributed by atoms with Gasteiger partial charge in [-0.3, -0.25) is 24.6 Å². The van der Waals surface area contributed by atoms with Crippen LogP contribution in [0.1, 0.15) is 16.7 Å².